The number of amides is 1. The monoisotopic (exact) mass is 502 g/mol. The Balaban J connectivity index is 1.85. The van der Waals surface area contributed by atoms with E-state index in [1.807, 2.05) is 6.07 Å². The number of anilines is 3. The molecule has 0 spiro atoms. The summed E-state index contributed by atoms with van der Waals surface area (Å²) in [5, 5.41) is 6.26. The molecule has 0 atom stereocenters. The Morgan fingerprint density at radius 3 is 2.66 bits per heavy atom. The van der Waals surface area contributed by atoms with Gasteiger partial charge in [-0.3, -0.25) is 18.9 Å². The van der Waals surface area contributed by atoms with Crippen molar-refractivity contribution in [2.45, 2.75) is 20.4 Å². The van der Waals surface area contributed by atoms with Crippen molar-refractivity contribution in [2.75, 3.05) is 43.9 Å². The topological polar surface area (TPSA) is 135 Å². The fraction of sp³-hybridized carbons (Fsp3) is 0.348. The van der Waals surface area contributed by atoms with E-state index in [4.69, 9.17) is 4.74 Å². The first-order valence-corrected chi connectivity index (χ1v) is 12.5. The predicted molar refractivity (Wildman–Crippen MR) is 136 cm³/mol. The van der Waals surface area contributed by atoms with E-state index in [0.717, 1.165) is 0 Å². The van der Waals surface area contributed by atoms with Gasteiger partial charge in [0.05, 0.1) is 29.5 Å². The van der Waals surface area contributed by atoms with E-state index in [1.165, 1.54) is 29.4 Å². The minimum absolute atomic E-state index is 0.156. The van der Waals surface area contributed by atoms with Crippen molar-refractivity contribution in [3.63, 3.8) is 0 Å². The van der Waals surface area contributed by atoms with Crippen LogP contribution >= 0.6 is 0 Å². The number of ether oxygens (including phenoxy) is 1. The van der Waals surface area contributed by atoms with Crippen molar-refractivity contribution in [3.05, 3.63) is 58.6 Å². The maximum atomic E-state index is 13.0. The number of fused-ring (bicyclic) bond motifs is 1. The molecule has 1 heterocycles. The Kier molecular flexibility index (Phi) is 8.43. The van der Waals surface area contributed by atoms with Crippen molar-refractivity contribution in [1.82, 2.24) is 19.2 Å². The normalized spacial score (nSPS) is 11.6. The van der Waals surface area contributed by atoms with Crippen molar-refractivity contribution < 1.29 is 17.9 Å². The van der Waals surface area contributed by atoms with Gasteiger partial charge in [0.1, 0.15) is 6.54 Å². The molecule has 0 aliphatic heterocycles. The summed E-state index contributed by atoms with van der Waals surface area (Å²) < 4.78 is 34.8. The fourth-order valence-corrected chi connectivity index (χ4v) is 4.27. The number of carbonyl (C=O) groups excluding carboxylic acids is 1. The van der Waals surface area contributed by atoms with Crippen LogP contribution in [0.25, 0.3) is 10.9 Å². The van der Waals surface area contributed by atoms with Gasteiger partial charge in [-0.2, -0.15) is 12.7 Å². The number of hydrogen-bond donors (Lipinski definition) is 3. The van der Waals surface area contributed by atoms with Gasteiger partial charge in [-0.05, 0) is 42.8 Å². The van der Waals surface area contributed by atoms with Crippen LogP contribution in [0.5, 0.6) is 0 Å². The molecular weight excluding hydrogens is 472 g/mol. The predicted octanol–water partition coefficient (Wildman–Crippen LogP) is 1.82. The van der Waals surface area contributed by atoms with Gasteiger partial charge in [-0.15, -0.1) is 0 Å². The third-order valence-corrected chi connectivity index (χ3v) is 7.03. The Morgan fingerprint density at radius 1 is 1.20 bits per heavy atom. The highest BCUT2D eigenvalue weighted by atomic mass is 32.2. The van der Waals surface area contributed by atoms with Gasteiger partial charge in [0, 0.05) is 38.6 Å². The van der Waals surface area contributed by atoms with E-state index < -0.39 is 10.2 Å². The highest BCUT2D eigenvalue weighted by Crippen LogP contribution is 2.28. The summed E-state index contributed by atoms with van der Waals surface area (Å²) in [7, 11) is -0.631. The quantitative estimate of drug-likeness (QED) is 0.341. The van der Waals surface area contributed by atoms with Crippen LogP contribution in [0.3, 0.4) is 0 Å². The van der Waals surface area contributed by atoms with Gasteiger partial charge < -0.3 is 15.4 Å². The summed E-state index contributed by atoms with van der Waals surface area (Å²) >= 11 is 0. The highest BCUT2D eigenvalue weighted by Gasteiger charge is 2.17. The van der Waals surface area contributed by atoms with Crippen molar-refractivity contribution >= 4 is 44.1 Å². The van der Waals surface area contributed by atoms with Gasteiger partial charge >= 0.3 is 10.2 Å². The Labute approximate surface area is 204 Å². The minimum atomic E-state index is -3.67. The lowest BCUT2D eigenvalue weighted by atomic mass is 10.1. The summed E-state index contributed by atoms with van der Waals surface area (Å²) in [5.41, 5.74) is 2.58. The van der Waals surface area contributed by atoms with Crippen LogP contribution in [-0.2, 0) is 26.3 Å². The molecule has 0 radical (unpaired) electrons. The molecule has 188 valence electrons. The van der Waals surface area contributed by atoms with Crippen molar-refractivity contribution in [1.29, 1.82) is 0 Å². The average Bonchev–Trinajstić information content (AvgIpc) is 2.83. The zero-order valence-electron chi connectivity index (χ0n) is 20.2. The number of nitrogens with zero attached hydrogens (tertiary/aromatic N) is 3. The molecule has 0 fully saturated rings. The molecule has 1 aromatic heterocycles. The number of carbonyl (C=O) groups is 1. The smallest absolute Gasteiger partial charge is 0.301 e. The van der Waals surface area contributed by atoms with E-state index in [0.29, 0.717) is 53.2 Å². The number of aromatic nitrogens is 2. The van der Waals surface area contributed by atoms with Crippen LogP contribution in [0, 0.1) is 6.92 Å². The maximum absolute atomic E-state index is 13.0. The summed E-state index contributed by atoms with van der Waals surface area (Å²) in [4.78, 5) is 29.4. The van der Waals surface area contributed by atoms with E-state index >= 15 is 0 Å². The summed E-state index contributed by atoms with van der Waals surface area (Å²) in [5.74, 6) is -0.316. The van der Waals surface area contributed by atoms with Crippen LogP contribution in [0.2, 0.25) is 0 Å². The average molecular weight is 503 g/mol. The number of methoxy groups -OCH3 is 1. The summed E-state index contributed by atoms with van der Waals surface area (Å²) in [6.07, 6.45) is 1.35. The second-order valence-electron chi connectivity index (χ2n) is 7.88. The molecule has 1 amide bonds. The maximum Gasteiger partial charge on any atom is 0.301 e. The zero-order valence-corrected chi connectivity index (χ0v) is 21.0. The first-order chi connectivity index (χ1) is 16.7. The molecule has 11 nitrogen and oxygen atoms in total. The standard InChI is InChI=1S/C23H30N6O5S/c1-5-28(3)35(32,33)27-20-8-6-7-19(16(20)2)26-17-9-10-21-18(13-17)23(31)29(15-25-21)14-22(30)24-11-12-34-4/h6-10,13,15,26-27H,5,11-12,14H2,1-4H3,(H,24,30). The molecule has 0 aliphatic carbocycles. The first-order valence-electron chi connectivity index (χ1n) is 11.0. The SMILES string of the molecule is CCN(C)S(=O)(=O)Nc1cccc(Nc2ccc3ncn(CC(=O)NCCOC)c(=O)c3c2)c1C. The molecule has 35 heavy (non-hydrogen) atoms. The second-order valence-corrected chi connectivity index (χ2v) is 9.65. The van der Waals surface area contributed by atoms with E-state index in [1.54, 1.807) is 44.2 Å². The van der Waals surface area contributed by atoms with E-state index in [9.17, 15) is 18.0 Å². The van der Waals surface area contributed by atoms with Crippen molar-refractivity contribution in [2.24, 2.45) is 0 Å². The Morgan fingerprint density at radius 2 is 1.94 bits per heavy atom. The Hall–Kier alpha value is -3.48. The van der Waals surface area contributed by atoms with Gasteiger partial charge in [0.2, 0.25) is 5.91 Å². The van der Waals surface area contributed by atoms with Crippen LogP contribution in [-0.4, -0.2) is 62.0 Å². The van der Waals surface area contributed by atoms with Gasteiger partial charge in [-0.1, -0.05) is 13.0 Å². The molecule has 0 saturated heterocycles. The lowest BCUT2D eigenvalue weighted by molar-refractivity contribution is -0.121. The molecule has 3 aromatic rings. The molecule has 0 unspecified atom stereocenters. The number of rotatable bonds is 11. The number of hydrogen-bond acceptors (Lipinski definition) is 7. The highest BCUT2D eigenvalue weighted by molar-refractivity contribution is 7.90. The molecule has 3 N–H and O–H groups in total. The molecule has 2 aromatic carbocycles. The van der Waals surface area contributed by atoms with E-state index in [-0.39, 0.29) is 18.0 Å². The summed E-state index contributed by atoms with van der Waals surface area (Å²) in [6, 6.07) is 10.4. The van der Waals surface area contributed by atoms with Crippen LogP contribution < -0.4 is 20.9 Å². The van der Waals surface area contributed by atoms with Crippen LogP contribution in [0.4, 0.5) is 17.1 Å². The third-order valence-electron chi connectivity index (χ3n) is 5.47. The second kappa shape index (κ2) is 11.3. The number of nitrogens with one attached hydrogen (secondary N) is 3. The largest absolute Gasteiger partial charge is 0.383 e. The fourth-order valence-electron chi connectivity index (χ4n) is 3.28. The van der Waals surface area contributed by atoms with Crippen LogP contribution in [0.15, 0.2) is 47.5 Å². The third kappa shape index (κ3) is 6.35. The van der Waals surface area contributed by atoms with Gasteiger partial charge in [0.15, 0.2) is 0 Å². The lowest BCUT2D eigenvalue weighted by Gasteiger charge is -2.19. The number of benzene rings is 2. The van der Waals surface area contributed by atoms with E-state index in [2.05, 4.69) is 20.3 Å². The van der Waals surface area contributed by atoms with Crippen LogP contribution in [0.1, 0.15) is 12.5 Å². The molecule has 0 saturated carbocycles. The molecule has 0 aliphatic rings. The molecule has 3 rings (SSSR count). The van der Waals surface area contributed by atoms with Crippen molar-refractivity contribution in [3.8, 4) is 0 Å². The Bertz CT molecular complexity index is 1370. The zero-order chi connectivity index (χ0) is 25.6. The minimum Gasteiger partial charge on any atom is -0.383 e. The molecule has 0 bridgehead atoms. The molecule has 12 heteroatoms. The summed E-state index contributed by atoms with van der Waals surface area (Å²) in [6.45, 7) is 4.45. The first kappa shape index (κ1) is 26.1. The molecular formula is C23H30N6O5S. The lowest BCUT2D eigenvalue weighted by Crippen LogP contribution is -2.34. The van der Waals surface area contributed by atoms with Gasteiger partial charge in [-0.25, -0.2) is 4.98 Å². The van der Waals surface area contributed by atoms with Gasteiger partial charge in [0.25, 0.3) is 5.56 Å².